The molecule has 1 aromatic rings. The fourth-order valence-corrected chi connectivity index (χ4v) is 3.01. The molecule has 1 atom stereocenters. The number of hydrogen-bond acceptors (Lipinski definition) is 5. The maximum absolute atomic E-state index is 12.5. The van der Waals surface area contributed by atoms with Gasteiger partial charge < -0.3 is 20.1 Å². The molecular weight excluding hydrogens is 360 g/mol. The second-order valence-electron chi connectivity index (χ2n) is 8.05. The Balaban J connectivity index is 1.95. The Hall–Kier alpha value is -2.57. The second kappa shape index (κ2) is 10.1. The number of ether oxygens (including phenoxy) is 2. The first-order chi connectivity index (χ1) is 13.2. The van der Waals surface area contributed by atoms with Crippen LogP contribution in [0.4, 0.5) is 4.79 Å². The topological polar surface area (TPSA) is 93.7 Å². The van der Waals surface area contributed by atoms with Crippen molar-refractivity contribution in [1.82, 2.24) is 10.6 Å². The molecule has 0 spiro atoms. The quantitative estimate of drug-likeness (QED) is 0.698. The van der Waals surface area contributed by atoms with Gasteiger partial charge in [0.25, 0.3) is 0 Å². The first-order valence-electron chi connectivity index (χ1n) is 9.72. The van der Waals surface area contributed by atoms with Crippen LogP contribution in [0.15, 0.2) is 30.3 Å². The Morgan fingerprint density at radius 1 is 1.11 bits per heavy atom. The van der Waals surface area contributed by atoms with Gasteiger partial charge in [0.1, 0.15) is 18.2 Å². The maximum atomic E-state index is 12.5. The molecule has 7 nitrogen and oxygen atoms in total. The van der Waals surface area contributed by atoms with Crippen molar-refractivity contribution < 1.29 is 23.9 Å². The summed E-state index contributed by atoms with van der Waals surface area (Å²) >= 11 is 0. The fourth-order valence-electron chi connectivity index (χ4n) is 3.01. The smallest absolute Gasteiger partial charge is 0.408 e. The SMILES string of the molecule is CC(C)(C)OC(=O)N[C@@H](CC(=O)NC1CCCC1)C(=O)OCc1ccccc1. The number of carbonyl (C=O) groups excluding carboxylic acids is 3. The van der Waals surface area contributed by atoms with Crippen LogP contribution in [0.3, 0.4) is 0 Å². The van der Waals surface area contributed by atoms with E-state index in [2.05, 4.69) is 10.6 Å². The summed E-state index contributed by atoms with van der Waals surface area (Å²) < 4.78 is 10.5. The number of carbonyl (C=O) groups is 3. The Morgan fingerprint density at radius 2 is 1.75 bits per heavy atom. The van der Waals surface area contributed by atoms with E-state index in [-0.39, 0.29) is 25.0 Å². The van der Waals surface area contributed by atoms with Crippen LogP contribution in [-0.4, -0.2) is 35.7 Å². The maximum Gasteiger partial charge on any atom is 0.408 e. The molecular formula is C21H30N2O5. The zero-order valence-electron chi connectivity index (χ0n) is 16.8. The van der Waals surface area contributed by atoms with Crippen LogP contribution in [0, 0.1) is 0 Å². The van der Waals surface area contributed by atoms with E-state index in [1.165, 1.54) is 0 Å². The van der Waals surface area contributed by atoms with E-state index < -0.39 is 23.7 Å². The van der Waals surface area contributed by atoms with Crippen molar-refractivity contribution >= 4 is 18.0 Å². The predicted octanol–water partition coefficient (Wildman–Crippen LogP) is 3.07. The van der Waals surface area contributed by atoms with Crippen LogP contribution in [0.25, 0.3) is 0 Å². The molecule has 0 unspecified atom stereocenters. The highest BCUT2D eigenvalue weighted by Gasteiger charge is 2.29. The van der Waals surface area contributed by atoms with Gasteiger partial charge in [0.05, 0.1) is 6.42 Å². The minimum Gasteiger partial charge on any atom is -0.459 e. The number of nitrogens with one attached hydrogen (secondary N) is 2. The standard InChI is InChI=1S/C21H30N2O5/c1-21(2,3)28-20(26)23-17(13-18(24)22-16-11-7-8-12-16)19(25)27-14-15-9-5-4-6-10-15/h4-6,9-10,16-17H,7-8,11-14H2,1-3H3,(H,22,24)(H,23,26)/t17-/m0/s1. The summed E-state index contributed by atoms with van der Waals surface area (Å²) in [6, 6.07) is 8.23. The molecule has 1 aromatic carbocycles. The molecule has 154 valence electrons. The van der Waals surface area contributed by atoms with Gasteiger partial charge in [-0.3, -0.25) is 4.79 Å². The normalized spacial score (nSPS) is 15.5. The second-order valence-corrected chi connectivity index (χ2v) is 8.05. The van der Waals surface area contributed by atoms with Crippen molar-refractivity contribution in [3.05, 3.63) is 35.9 Å². The van der Waals surface area contributed by atoms with Crippen LogP contribution in [0.5, 0.6) is 0 Å². The van der Waals surface area contributed by atoms with Crippen LogP contribution < -0.4 is 10.6 Å². The molecule has 2 N–H and O–H groups in total. The van der Waals surface area contributed by atoms with Crippen LogP contribution in [0.2, 0.25) is 0 Å². The van der Waals surface area contributed by atoms with Crippen LogP contribution >= 0.6 is 0 Å². The highest BCUT2D eigenvalue weighted by Crippen LogP contribution is 2.18. The highest BCUT2D eigenvalue weighted by atomic mass is 16.6. The van der Waals surface area contributed by atoms with Gasteiger partial charge in [-0.2, -0.15) is 0 Å². The van der Waals surface area contributed by atoms with E-state index in [0.29, 0.717) is 0 Å². The first-order valence-corrected chi connectivity index (χ1v) is 9.72. The van der Waals surface area contributed by atoms with Gasteiger partial charge in [-0.05, 0) is 39.2 Å². The van der Waals surface area contributed by atoms with E-state index in [9.17, 15) is 14.4 Å². The summed E-state index contributed by atoms with van der Waals surface area (Å²) in [4.78, 5) is 37.0. The molecule has 1 aliphatic carbocycles. The Morgan fingerprint density at radius 3 is 2.36 bits per heavy atom. The van der Waals surface area contributed by atoms with Crippen molar-refractivity contribution in [2.24, 2.45) is 0 Å². The van der Waals surface area contributed by atoms with E-state index in [1.807, 2.05) is 30.3 Å². The first kappa shape index (κ1) is 21.7. The average molecular weight is 390 g/mol. The lowest BCUT2D eigenvalue weighted by atomic mass is 10.1. The Bertz CT molecular complexity index is 663. The van der Waals surface area contributed by atoms with E-state index in [0.717, 1.165) is 31.2 Å². The summed E-state index contributed by atoms with van der Waals surface area (Å²) in [7, 11) is 0. The van der Waals surface area contributed by atoms with Gasteiger partial charge in [0.15, 0.2) is 0 Å². The predicted molar refractivity (Wildman–Crippen MR) is 104 cm³/mol. The number of hydrogen-bond donors (Lipinski definition) is 2. The van der Waals surface area contributed by atoms with E-state index >= 15 is 0 Å². The Kier molecular flexibility index (Phi) is 7.84. The third-order valence-corrected chi connectivity index (χ3v) is 4.31. The number of alkyl carbamates (subject to hydrolysis) is 1. The lowest BCUT2D eigenvalue weighted by Gasteiger charge is -2.23. The van der Waals surface area contributed by atoms with Gasteiger partial charge in [-0.25, -0.2) is 9.59 Å². The van der Waals surface area contributed by atoms with Gasteiger partial charge >= 0.3 is 12.1 Å². The minimum absolute atomic E-state index is 0.0659. The molecule has 0 saturated heterocycles. The van der Waals surface area contributed by atoms with Crippen LogP contribution in [0.1, 0.15) is 58.4 Å². The lowest BCUT2D eigenvalue weighted by molar-refractivity contribution is -0.149. The fraction of sp³-hybridized carbons (Fsp3) is 0.571. The third kappa shape index (κ3) is 7.98. The van der Waals surface area contributed by atoms with Gasteiger partial charge in [0.2, 0.25) is 5.91 Å². The summed E-state index contributed by atoms with van der Waals surface area (Å²) in [5, 5.41) is 5.39. The zero-order chi connectivity index (χ0) is 20.6. The summed E-state index contributed by atoms with van der Waals surface area (Å²) in [5.41, 5.74) is 0.108. The number of benzene rings is 1. The molecule has 1 saturated carbocycles. The van der Waals surface area contributed by atoms with Crippen molar-refractivity contribution in [1.29, 1.82) is 0 Å². The average Bonchev–Trinajstić information content (AvgIpc) is 3.11. The zero-order valence-corrected chi connectivity index (χ0v) is 16.8. The summed E-state index contributed by atoms with van der Waals surface area (Å²) in [6.07, 6.45) is 3.10. The van der Waals surface area contributed by atoms with Gasteiger partial charge in [0, 0.05) is 6.04 Å². The van der Waals surface area contributed by atoms with Crippen molar-refractivity contribution in [2.75, 3.05) is 0 Å². The molecule has 0 bridgehead atoms. The molecule has 1 aliphatic rings. The monoisotopic (exact) mass is 390 g/mol. The molecule has 0 heterocycles. The molecule has 2 amide bonds. The highest BCUT2D eigenvalue weighted by molar-refractivity contribution is 5.88. The Labute approximate surface area is 166 Å². The molecule has 28 heavy (non-hydrogen) atoms. The lowest BCUT2D eigenvalue weighted by Crippen LogP contribution is -2.47. The summed E-state index contributed by atoms with van der Waals surface area (Å²) in [5.74, 6) is -0.957. The summed E-state index contributed by atoms with van der Waals surface area (Å²) in [6.45, 7) is 5.24. The van der Waals surface area contributed by atoms with Crippen molar-refractivity contribution in [2.45, 2.75) is 77.2 Å². The molecule has 7 heteroatoms. The molecule has 0 radical (unpaired) electrons. The van der Waals surface area contributed by atoms with E-state index in [4.69, 9.17) is 9.47 Å². The largest absolute Gasteiger partial charge is 0.459 e. The van der Waals surface area contributed by atoms with Crippen molar-refractivity contribution in [3.63, 3.8) is 0 Å². The van der Waals surface area contributed by atoms with Crippen LogP contribution in [-0.2, 0) is 25.7 Å². The van der Waals surface area contributed by atoms with Crippen molar-refractivity contribution in [3.8, 4) is 0 Å². The molecule has 0 aliphatic heterocycles. The minimum atomic E-state index is -1.11. The number of esters is 1. The number of rotatable bonds is 7. The van der Waals surface area contributed by atoms with E-state index in [1.54, 1.807) is 20.8 Å². The van der Waals surface area contributed by atoms with Gasteiger partial charge in [-0.1, -0.05) is 43.2 Å². The number of amides is 2. The third-order valence-electron chi connectivity index (χ3n) is 4.31. The molecule has 2 rings (SSSR count). The molecule has 0 aromatic heterocycles. The molecule has 1 fully saturated rings. The van der Waals surface area contributed by atoms with Gasteiger partial charge in [-0.15, -0.1) is 0 Å².